The lowest BCUT2D eigenvalue weighted by Crippen LogP contribution is -2.02. The van der Waals surface area contributed by atoms with Crippen molar-refractivity contribution in [1.29, 1.82) is 0 Å². The summed E-state index contributed by atoms with van der Waals surface area (Å²) in [4.78, 5) is -0.322. The zero-order chi connectivity index (χ0) is 16.3. The lowest BCUT2D eigenvalue weighted by atomic mass is 10.1. The van der Waals surface area contributed by atoms with Gasteiger partial charge in [-0.15, -0.1) is 0 Å². The molecular weight excluding hydrogens is 330 g/mol. The van der Waals surface area contributed by atoms with Gasteiger partial charge in [-0.25, -0.2) is 0 Å². The molecule has 0 heterocycles. The van der Waals surface area contributed by atoms with Crippen LogP contribution in [-0.2, 0) is 20.4 Å². The Hall–Kier alpha value is -2.10. The number of nitrogen functional groups attached to an aromatic ring is 1. The molecule has 0 saturated carbocycles. The van der Waals surface area contributed by atoms with Gasteiger partial charge in [-0.05, 0) is 29.7 Å². The molecular formula is C13H13NO6S2. The molecule has 0 amide bonds. The Morgan fingerprint density at radius 1 is 1.23 bits per heavy atom. The van der Waals surface area contributed by atoms with Crippen LogP contribution in [0.2, 0.25) is 0 Å². The maximum Gasteiger partial charge on any atom is 0.294 e. The van der Waals surface area contributed by atoms with E-state index >= 15 is 0 Å². The summed E-state index contributed by atoms with van der Waals surface area (Å²) in [6.45, 7) is 0.0440. The topological polar surface area (TPSA) is 124 Å². The standard InChI is InChI=1S/C13H13NO6S2/c14-10-2-3-12-9(6-10)7-11(22(17,18)19)8-13(12)20-4-1-5-21(15)16/h2-3,5-8H,1,4,14H2,(H,17,18,19). The van der Waals surface area contributed by atoms with Gasteiger partial charge in [0.15, 0.2) is 0 Å². The van der Waals surface area contributed by atoms with Crippen molar-refractivity contribution in [2.45, 2.75) is 11.3 Å². The van der Waals surface area contributed by atoms with E-state index in [2.05, 4.69) is 0 Å². The Morgan fingerprint density at radius 3 is 2.59 bits per heavy atom. The number of hydrogen-bond acceptors (Lipinski definition) is 6. The van der Waals surface area contributed by atoms with Gasteiger partial charge in [0, 0.05) is 28.9 Å². The van der Waals surface area contributed by atoms with E-state index in [1.54, 1.807) is 18.2 Å². The number of nitrogens with two attached hydrogens (primary N) is 1. The minimum atomic E-state index is -4.40. The van der Waals surface area contributed by atoms with E-state index < -0.39 is 20.4 Å². The van der Waals surface area contributed by atoms with E-state index in [4.69, 9.17) is 10.5 Å². The van der Waals surface area contributed by atoms with Crippen molar-refractivity contribution in [1.82, 2.24) is 0 Å². The molecule has 0 aliphatic heterocycles. The zero-order valence-corrected chi connectivity index (χ0v) is 12.9. The molecule has 3 N–H and O–H groups in total. The first-order chi connectivity index (χ1) is 10.3. The average Bonchev–Trinajstić information content (AvgIpc) is 2.41. The summed E-state index contributed by atoms with van der Waals surface area (Å²) in [6.07, 6.45) is 0.142. The molecule has 0 aromatic heterocycles. The van der Waals surface area contributed by atoms with Crippen LogP contribution in [0.15, 0.2) is 35.2 Å². The maximum atomic E-state index is 11.3. The summed E-state index contributed by atoms with van der Waals surface area (Å²) in [5.41, 5.74) is 6.09. The van der Waals surface area contributed by atoms with Crippen molar-refractivity contribution in [3.8, 4) is 5.75 Å². The second-order valence-corrected chi connectivity index (χ2v) is 6.72. The molecule has 0 radical (unpaired) electrons. The fourth-order valence-electron chi connectivity index (χ4n) is 1.91. The van der Waals surface area contributed by atoms with Crippen molar-refractivity contribution in [3.63, 3.8) is 0 Å². The second kappa shape index (κ2) is 6.34. The number of fused-ring (bicyclic) bond motifs is 1. The molecule has 0 bridgehead atoms. The quantitative estimate of drug-likeness (QED) is 0.361. The minimum absolute atomic E-state index is 0.0440. The largest absolute Gasteiger partial charge is 0.493 e. The van der Waals surface area contributed by atoms with Crippen molar-refractivity contribution in [2.75, 3.05) is 12.3 Å². The van der Waals surface area contributed by atoms with E-state index in [1.807, 2.05) is 0 Å². The molecule has 118 valence electrons. The molecule has 0 fully saturated rings. The van der Waals surface area contributed by atoms with E-state index in [0.29, 0.717) is 16.5 Å². The molecule has 2 rings (SSSR count). The van der Waals surface area contributed by atoms with Crippen molar-refractivity contribution < 1.29 is 26.1 Å². The first-order valence-corrected chi connectivity index (χ1v) is 8.70. The molecule has 0 atom stereocenters. The van der Waals surface area contributed by atoms with E-state index in [1.165, 1.54) is 12.1 Å². The highest BCUT2D eigenvalue weighted by Crippen LogP contribution is 2.31. The van der Waals surface area contributed by atoms with Crippen LogP contribution in [0.5, 0.6) is 5.75 Å². The third-order valence-corrected chi connectivity index (χ3v) is 4.18. The molecule has 2 aromatic rings. The molecule has 7 nitrogen and oxygen atoms in total. The Kier molecular flexibility index (Phi) is 4.69. The molecule has 0 unspecified atom stereocenters. The molecule has 0 spiro atoms. The zero-order valence-electron chi connectivity index (χ0n) is 11.3. The summed E-state index contributed by atoms with van der Waals surface area (Å²) >= 11 is 0. The first kappa shape index (κ1) is 16.3. The minimum Gasteiger partial charge on any atom is -0.493 e. The smallest absolute Gasteiger partial charge is 0.294 e. The normalized spacial score (nSPS) is 11.3. The molecule has 0 saturated heterocycles. The van der Waals surface area contributed by atoms with Gasteiger partial charge in [-0.2, -0.15) is 16.8 Å². The van der Waals surface area contributed by atoms with Crippen LogP contribution in [0.3, 0.4) is 0 Å². The highest BCUT2D eigenvalue weighted by molar-refractivity contribution is 7.85. The van der Waals surface area contributed by atoms with Crippen molar-refractivity contribution in [3.05, 3.63) is 30.3 Å². The predicted octanol–water partition coefficient (Wildman–Crippen LogP) is 1.12. The Morgan fingerprint density at radius 2 is 1.95 bits per heavy atom. The molecule has 0 aliphatic carbocycles. The number of benzene rings is 2. The van der Waals surface area contributed by atoms with Crippen LogP contribution in [0, 0.1) is 0 Å². The van der Waals surface area contributed by atoms with Crippen LogP contribution in [-0.4, -0.2) is 33.4 Å². The summed E-state index contributed by atoms with van der Waals surface area (Å²) in [6, 6.07) is 7.30. The van der Waals surface area contributed by atoms with Gasteiger partial charge in [0.2, 0.25) is 10.3 Å². The van der Waals surface area contributed by atoms with Gasteiger partial charge in [-0.3, -0.25) is 4.55 Å². The third-order valence-electron chi connectivity index (χ3n) is 2.84. The van der Waals surface area contributed by atoms with Gasteiger partial charge in [0.05, 0.1) is 11.5 Å². The predicted molar refractivity (Wildman–Crippen MR) is 83.3 cm³/mol. The van der Waals surface area contributed by atoms with Gasteiger partial charge < -0.3 is 10.5 Å². The molecule has 9 heteroatoms. The van der Waals surface area contributed by atoms with Gasteiger partial charge in [0.25, 0.3) is 10.1 Å². The van der Waals surface area contributed by atoms with Crippen LogP contribution in [0.25, 0.3) is 10.8 Å². The maximum absolute atomic E-state index is 11.3. The Labute approximate surface area is 128 Å². The Balaban J connectivity index is 2.48. The van der Waals surface area contributed by atoms with Gasteiger partial charge in [0.1, 0.15) is 5.75 Å². The lowest BCUT2D eigenvalue weighted by Gasteiger charge is -2.11. The molecule has 2 aromatic carbocycles. The average molecular weight is 343 g/mol. The molecule has 22 heavy (non-hydrogen) atoms. The number of hydrogen-bond donors (Lipinski definition) is 2. The van der Waals surface area contributed by atoms with E-state index in [0.717, 1.165) is 5.37 Å². The van der Waals surface area contributed by atoms with Crippen molar-refractivity contribution in [2.24, 2.45) is 0 Å². The van der Waals surface area contributed by atoms with E-state index in [-0.39, 0.29) is 23.7 Å². The highest BCUT2D eigenvalue weighted by atomic mass is 32.2. The summed E-state index contributed by atoms with van der Waals surface area (Å²) < 4.78 is 58.1. The summed E-state index contributed by atoms with van der Waals surface area (Å²) in [7, 11) is -6.68. The monoisotopic (exact) mass is 343 g/mol. The van der Waals surface area contributed by atoms with Crippen LogP contribution < -0.4 is 10.5 Å². The summed E-state index contributed by atoms with van der Waals surface area (Å²) in [5, 5.41) is 2.12. The second-order valence-electron chi connectivity index (χ2n) is 4.44. The van der Waals surface area contributed by atoms with Crippen molar-refractivity contribution >= 4 is 42.2 Å². The summed E-state index contributed by atoms with van der Waals surface area (Å²) in [5.74, 6) is 0.218. The fraction of sp³-hybridized carbons (Fsp3) is 0.154. The van der Waals surface area contributed by atoms with Crippen LogP contribution >= 0.6 is 0 Å². The first-order valence-electron chi connectivity index (χ1n) is 6.12. The van der Waals surface area contributed by atoms with Gasteiger partial charge >= 0.3 is 0 Å². The highest BCUT2D eigenvalue weighted by Gasteiger charge is 2.14. The van der Waals surface area contributed by atoms with Gasteiger partial charge in [-0.1, -0.05) is 0 Å². The van der Waals surface area contributed by atoms with Crippen LogP contribution in [0.1, 0.15) is 6.42 Å². The number of anilines is 1. The van der Waals surface area contributed by atoms with Crippen LogP contribution in [0.4, 0.5) is 5.69 Å². The number of rotatable bonds is 5. The fourth-order valence-corrected chi connectivity index (χ4v) is 2.73. The number of ether oxygens (including phenoxy) is 1. The Bertz CT molecular complexity index is 940. The lowest BCUT2D eigenvalue weighted by molar-refractivity contribution is 0.333. The van der Waals surface area contributed by atoms with E-state index in [9.17, 15) is 21.4 Å². The molecule has 0 aliphatic rings. The third kappa shape index (κ3) is 3.97. The SMILES string of the molecule is Nc1ccc2c(OCCC=S(=O)=O)cc(S(=O)(=O)O)cc2c1.